The molecule has 2 aliphatic rings. The van der Waals surface area contributed by atoms with Gasteiger partial charge in [-0.1, -0.05) is 0 Å². The van der Waals surface area contributed by atoms with Crippen molar-refractivity contribution in [3.05, 3.63) is 5.21 Å². The maximum absolute atomic E-state index is 14.2. The van der Waals surface area contributed by atoms with E-state index in [0.717, 1.165) is 0 Å². The van der Waals surface area contributed by atoms with Gasteiger partial charge in [-0.25, -0.2) is 25.3 Å². The van der Waals surface area contributed by atoms with E-state index in [1.54, 1.807) is 0 Å². The number of esters is 1. The van der Waals surface area contributed by atoms with Gasteiger partial charge < -0.3 is 9.94 Å². The normalized spacial score (nSPS) is 23.7. The van der Waals surface area contributed by atoms with Crippen LogP contribution in [0, 0.1) is 5.21 Å². The van der Waals surface area contributed by atoms with Crippen molar-refractivity contribution in [1.82, 2.24) is 13.1 Å². The molecule has 0 bridgehead atoms. The molecule has 2 saturated heterocycles. The summed E-state index contributed by atoms with van der Waals surface area (Å²) >= 11 is 0. The maximum Gasteiger partial charge on any atom is 0.511 e. The van der Waals surface area contributed by atoms with Crippen LogP contribution in [0.5, 0.6) is 0 Å². The van der Waals surface area contributed by atoms with Gasteiger partial charge in [-0.3, -0.25) is 9.69 Å². The third-order valence-corrected chi connectivity index (χ3v) is 10.3. The van der Waals surface area contributed by atoms with Crippen molar-refractivity contribution in [2.75, 3.05) is 32.8 Å². The van der Waals surface area contributed by atoms with Crippen LogP contribution in [0.1, 0.15) is 6.42 Å². The van der Waals surface area contributed by atoms with Crippen molar-refractivity contribution in [3.63, 3.8) is 0 Å². The highest BCUT2D eigenvalue weighted by Crippen LogP contribution is 2.38. The van der Waals surface area contributed by atoms with Crippen LogP contribution in [0.3, 0.4) is 0 Å². The van der Waals surface area contributed by atoms with E-state index in [9.17, 15) is 57.2 Å². The van der Waals surface area contributed by atoms with Crippen LogP contribution >= 0.6 is 0 Å². The smallest absolute Gasteiger partial charge is 0.511 e. The van der Waals surface area contributed by atoms with Crippen LogP contribution in [0.4, 0.5) is 22.0 Å². The highest BCUT2D eigenvalue weighted by atomic mass is 32.3. The fourth-order valence-electron chi connectivity index (χ4n) is 2.66. The van der Waals surface area contributed by atoms with Gasteiger partial charge in [0.25, 0.3) is 20.0 Å². The molecule has 2 fully saturated rings. The standard InChI is InChI=1S/C10H13F5N3O9S3/c11-9(12,13)28(21,22)18(20)30(25,26)10(14,15)29(23,24)17-4-2-16(3-5-17)7-1-6-27-8(7)19/h7H,1-6H2/q-1. The van der Waals surface area contributed by atoms with E-state index in [2.05, 4.69) is 0 Å². The number of ether oxygens (including phenoxy) is 1. The molecular weight excluding hydrogens is 497 g/mol. The van der Waals surface area contributed by atoms with Crippen molar-refractivity contribution in [2.24, 2.45) is 0 Å². The number of hydrogen-bond acceptors (Lipinski definition) is 10. The number of alkyl halides is 5. The number of cyclic esters (lactones) is 1. The zero-order valence-electron chi connectivity index (χ0n) is 14.5. The summed E-state index contributed by atoms with van der Waals surface area (Å²) in [7, 11) is -21.1. The van der Waals surface area contributed by atoms with Crippen molar-refractivity contribution in [3.8, 4) is 0 Å². The van der Waals surface area contributed by atoms with Gasteiger partial charge in [0, 0.05) is 32.6 Å². The summed E-state index contributed by atoms with van der Waals surface area (Å²) < 4.78 is 130. The maximum atomic E-state index is 14.2. The summed E-state index contributed by atoms with van der Waals surface area (Å²) in [6.45, 7) is -2.26. The van der Waals surface area contributed by atoms with Crippen LogP contribution < -0.4 is 0 Å². The Hall–Kier alpha value is -1.19. The monoisotopic (exact) mass is 510 g/mol. The number of rotatable bonds is 6. The van der Waals surface area contributed by atoms with Crippen molar-refractivity contribution < 1.29 is 56.7 Å². The summed E-state index contributed by atoms with van der Waals surface area (Å²) in [5.41, 5.74) is -6.58. The molecule has 30 heavy (non-hydrogen) atoms. The molecule has 0 aromatic rings. The predicted molar refractivity (Wildman–Crippen MR) is 85.5 cm³/mol. The average Bonchev–Trinajstić information content (AvgIpc) is 3.05. The molecule has 2 aliphatic heterocycles. The molecule has 1 atom stereocenters. The highest BCUT2D eigenvalue weighted by Gasteiger charge is 2.65. The van der Waals surface area contributed by atoms with E-state index in [1.165, 1.54) is 4.90 Å². The SMILES string of the molecule is O=C1OCCC1N1CCN(S(=O)(=O)C(F)(F)S(=O)(=O)N([O-])S(=O)(=O)C(F)(F)F)CC1. The first-order valence-corrected chi connectivity index (χ1v) is 12.0. The van der Waals surface area contributed by atoms with E-state index in [4.69, 9.17) is 4.74 Å². The number of carbonyl (C=O) groups is 1. The number of hydrogen-bond donors (Lipinski definition) is 0. The second-order valence-corrected chi connectivity index (χ2v) is 12.0. The van der Waals surface area contributed by atoms with Gasteiger partial charge in [-0.15, -0.1) is 0 Å². The van der Waals surface area contributed by atoms with Gasteiger partial charge >= 0.3 is 26.1 Å². The average molecular weight is 510 g/mol. The van der Waals surface area contributed by atoms with Gasteiger partial charge in [-0.05, 0) is 0 Å². The molecule has 20 heteroatoms. The number of halogens is 5. The predicted octanol–water partition coefficient (Wildman–Crippen LogP) is -1.22. The number of piperazine rings is 1. The molecule has 2 heterocycles. The first kappa shape index (κ1) is 25.1. The third kappa shape index (κ3) is 3.88. The molecule has 0 radical (unpaired) electrons. The Kier molecular flexibility index (Phi) is 6.47. The molecule has 1 unspecified atom stereocenters. The molecule has 176 valence electrons. The number of nitrogens with zero attached hydrogens (tertiary/aromatic N) is 3. The molecular formula is C10H13F5N3O9S3-. The van der Waals surface area contributed by atoms with E-state index >= 15 is 0 Å². The minimum absolute atomic E-state index is 0.0747. The number of sulfonamides is 3. The Balaban J connectivity index is 2.27. The summed E-state index contributed by atoms with van der Waals surface area (Å²) in [6.07, 6.45) is 0.233. The van der Waals surface area contributed by atoms with E-state index in [1.807, 2.05) is 0 Å². The lowest BCUT2D eigenvalue weighted by Crippen LogP contribution is -2.59. The Morgan fingerprint density at radius 1 is 0.933 bits per heavy atom. The first-order valence-electron chi connectivity index (χ1n) is 7.70. The molecule has 0 saturated carbocycles. The second kappa shape index (κ2) is 7.74. The van der Waals surface area contributed by atoms with Crippen molar-refractivity contribution in [2.45, 2.75) is 22.6 Å². The van der Waals surface area contributed by atoms with Gasteiger partial charge in [0.2, 0.25) is 0 Å². The minimum atomic E-state index is -7.41. The lowest BCUT2D eigenvalue weighted by molar-refractivity contribution is -0.142. The summed E-state index contributed by atoms with van der Waals surface area (Å²) in [6, 6.07) is -0.784. The van der Waals surface area contributed by atoms with Gasteiger partial charge in [0.1, 0.15) is 6.04 Å². The molecule has 2 rings (SSSR count). The van der Waals surface area contributed by atoms with Gasteiger partial charge in [0.15, 0.2) is 0 Å². The minimum Gasteiger partial charge on any atom is -0.758 e. The highest BCUT2D eigenvalue weighted by molar-refractivity contribution is 8.13. The quantitative estimate of drug-likeness (QED) is 0.241. The van der Waals surface area contributed by atoms with E-state index in [0.29, 0.717) is 0 Å². The Bertz CT molecular complexity index is 1000. The zero-order valence-corrected chi connectivity index (χ0v) is 16.9. The fraction of sp³-hybridized carbons (Fsp3) is 0.900. The zero-order chi connectivity index (χ0) is 23.3. The van der Waals surface area contributed by atoms with Crippen LogP contribution in [-0.2, 0) is 39.6 Å². The van der Waals surface area contributed by atoms with Crippen molar-refractivity contribution >= 4 is 36.0 Å². The van der Waals surface area contributed by atoms with Crippen molar-refractivity contribution in [1.29, 1.82) is 0 Å². The van der Waals surface area contributed by atoms with Gasteiger partial charge in [0.05, 0.1) is 6.61 Å². The van der Waals surface area contributed by atoms with Crippen LogP contribution in [0.15, 0.2) is 0 Å². The summed E-state index contributed by atoms with van der Waals surface area (Å²) in [5.74, 6) is -0.640. The molecule has 0 N–H and O–H groups in total. The van der Waals surface area contributed by atoms with Crippen LogP contribution in [0.25, 0.3) is 0 Å². The van der Waals surface area contributed by atoms with Crippen LogP contribution in [0.2, 0.25) is 0 Å². The molecule has 0 amide bonds. The molecule has 0 aromatic heterocycles. The fourth-order valence-corrected chi connectivity index (χ4v) is 7.24. The lowest BCUT2D eigenvalue weighted by atomic mass is 10.2. The summed E-state index contributed by atoms with van der Waals surface area (Å²) in [5, 5.41) is 11.2. The third-order valence-electron chi connectivity index (χ3n) is 4.25. The Morgan fingerprint density at radius 2 is 1.43 bits per heavy atom. The van der Waals surface area contributed by atoms with Crippen LogP contribution in [-0.4, -0.2) is 93.2 Å². The summed E-state index contributed by atoms with van der Waals surface area (Å²) in [4.78, 5) is 12.9. The largest absolute Gasteiger partial charge is 0.758 e. The molecule has 0 aliphatic carbocycles. The molecule has 0 aromatic carbocycles. The van der Waals surface area contributed by atoms with Gasteiger partial charge in [-0.2, -0.15) is 30.1 Å². The second-order valence-electron chi connectivity index (χ2n) is 5.99. The Labute approximate surface area is 166 Å². The van der Waals surface area contributed by atoms with E-state index < -0.39 is 69.1 Å². The lowest BCUT2D eigenvalue weighted by Gasteiger charge is -2.38. The Morgan fingerprint density at radius 3 is 1.83 bits per heavy atom. The number of carbonyl (C=O) groups excluding carboxylic acids is 1. The van der Waals surface area contributed by atoms with E-state index in [-0.39, 0.29) is 30.4 Å². The first-order chi connectivity index (χ1) is 13.4. The topological polar surface area (TPSA) is 162 Å². The molecule has 0 spiro atoms. The molecule has 12 nitrogen and oxygen atoms in total.